The fourth-order valence-electron chi connectivity index (χ4n) is 1.09. The van der Waals surface area contributed by atoms with Crippen LogP contribution >= 0.6 is 0 Å². The van der Waals surface area contributed by atoms with Crippen LogP contribution in [0, 0.1) is 15.5 Å². The maximum atomic E-state index is 10.4. The summed E-state index contributed by atoms with van der Waals surface area (Å²) in [6.45, 7) is 0. The van der Waals surface area contributed by atoms with Crippen LogP contribution in [-0.2, 0) is 0 Å². The van der Waals surface area contributed by atoms with Crippen molar-refractivity contribution < 1.29 is 5.03 Å². The zero-order valence-electron chi connectivity index (χ0n) is 9.04. The Labute approximate surface area is 92.9 Å². The molecule has 0 saturated heterocycles. The molecule has 0 atom stereocenters. The van der Waals surface area contributed by atoms with Crippen molar-refractivity contribution in [2.24, 2.45) is 0 Å². The molecule has 0 amide bonds. The van der Waals surface area contributed by atoms with Crippen LogP contribution in [0.3, 0.4) is 0 Å². The second-order valence-corrected chi connectivity index (χ2v) is 3.25. The molecule has 1 aromatic rings. The molecule has 0 saturated carbocycles. The Morgan fingerprint density at radius 2 is 1.94 bits per heavy atom. The lowest BCUT2D eigenvalue weighted by Crippen LogP contribution is -2.50. The van der Waals surface area contributed by atoms with Gasteiger partial charge in [0.2, 0.25) is 5.96 Å². The van der Waals surface area contributed by atoms with Crippen LogP contribution in [0.15, 0.2) is 30.3 Å². The van der Waals surface area contributed by atoms with Gasteiger partial charge >= 0.3 is 0 Å². The van der Waals surface area contributed by atoms with E-state index in [1.165, 1.54) is 4.90 Å². The second-order valence-electron chi connectivity index (χ2n) is 3.25. The number of hydrogen-bond acceptors (Lipinski definition) is 3. The first-order valence-electron chi connectivity index (χ1n) is 4.54. The van der Waals surface area contributed by atoms with Crippen LogP contribution in [0.1, 0.15) is 0 Å². The van der Waals surface area contributed by atoms with E-state index < -0.39 is 5.03 Å². The third kappa shape index (κ3) is 2.84. The zero-order valence-corrected chi connectivity index (χ0v) is 9.04. The van der Waals surface area contributed by atoms with E-state index in [1.807, 2.05) is 5.53 Å². The summed E-state index contributed by atoms with van der Waals surface area (Å²) < 4.78 is 0. The molecule has 86 valence electrons. The average Bonchev–Trinajstić information content (AvgIpc) is 2.26. The second kappa shape index (κ2) is 4.96. The molecular weight excluding hydrogens is 210 g/mol. The Morgan fingerprint density at radius 3 is 2.38 bits per heavy atom. The summed E-state index contributed by atoms with van der Waals surface area (Å²) in [7, 11) is 3.28. The molecule has 0 unspecified atom stereocenters. The molecule has 0 bridgehead atoms. The van der Waals surface area contributed by atoms with E-state index in [1.54, 1.807) is 44.4 Å². The molecule has 7 heteroatoms. The maximum absolute atomic E-state index is 10.4. The molecule has 0 heterocycles. The van der Waals surface area contributed by atoms with Crippen LogP contribution in [-0.4, -0.2) is 30.0 Å². The van der Waals surface area contributed by atoms with Crippen LogP contribution < -0.4 is 10.5 Å². The molecule has 0 aromatic heterocycles. The molecule has 7 nitrogen and oxygen atoms in total. The topological polar surface area (TPSA) is 85.5 Å². The molecule has 0 aliphatic heterocycles. The average molecular weight is 223 g/mol. The summed E-state index contributed by atoms with van der Waals surface area (Å²) in [5.74, 6) is -0.0251. The van der Waals surface area contributed by atoms with E-state index in [2.05, 4.69) is 0 Å². The Kier molecular flexibility index (Phi) is 3.65. The van der Waals surface area contributed by atoms with Gasteiger partial charge in [-0.1, -0.05) is 18.2 Å². The maximum Gasteiger partial charge on any atom is 0.221 e. The van der Waals surface area contributed by atoms with Gasteiger partial charge in [-0.15, -0.1) is 0 Å². The summed E-state index contributed by atoms with van der Waals surface area (Å²) in [6.07, 6.45) is 0. The zero-order chi connectivity index (χ0) is 12.1. The van der Waals surface area contributed by atoms with Gasteiger partial charge in [-0.3, -0.25) is 5.41 Å². The molecule has 2 N–H and O–H groups in total. The van der Waals surface area contributed by atoms with Gasteiger partial charge < -0.3 is 4.90 Å². The molecular formula is C9H13N5O2. The van der Waals surface area contributed by atoms with Gasteiger partial charge in [-0.05, 0) is 17.7 Å². The van der Waals surface area contributed by atoms with Gasteiger partial charge in [0.1, 0.15) is 0 Å². The van der Waals surface area contributed by atoms with Crippen LogP contribution in [0.4, 0.5) is 5.69 Å². The molecule has 0 radical (unpaired) electrons. The minimum atomic E-state index is -0.703. The molecule has 0 aliphatic rings. The highest BCUT2D eigenvalue weighted by Crippen LogP contribution is 2.11. The summed E-state index contributed by atoms with van der Waals surface area (Å²) in [5.41, 5.74) is 2.49. The number of nitrogens with one attached hydrogen (secondary N) is 2. The van der Waals surface area contributed by atoms with Gasteiger partial charge in [0.25, 0.3) is 0 Å². The number of nitro groups is 1. The van der Waals surface area contributed by atoms with Gasteiger partial charge in [-0.25, -0.2) is 10.1 Å². The van der Waals surface area contributed by atoms with Crippen molar-refractivity contribution in [3.05, 3.63) is 40.4 Å². The lowest BCUT2D eigenvalue weighted by molar-refractivity contribution is -0.544. The minimum absolute atomic E-state index is 0.0251. The normalized spacial score (nSPS) is 9.38. The smallest absolute Gasteiger partial charge is 0.221 e. The molecule has 16 heavy (non-hydrogen) atoms. The van der Waals surface area contributed by atoms with Crippen molar-refractivity contribution in [3.63, 3.8) is 0 Å². The van der Waals surface area contributed by atoms with Crippen LogP contribution in [0.25, 0.3) is 0 Å². The lowest BCUT2D eigenvalue weighted by atomic mass is 10.3. The van der Waals surface area contributed by atoms with E-state index in [0.29, 0.717) is 5.69 Å². The molecule has 0 fully saturated rings. The number of rotatable bonds is 3. The number of para-hydroxylation sites is 1. The third-order valence-corrected chi connectivity index (χ3v) is 1.83. The number of nitrogens with zero attached hydrogens (tertiary/aromatic N) is 3. The van der Waals surface area contributed by atoms with Crippen molar-refractivity contribution in [1.29, 1.82) is 5.41 Å². The van der Waals surface area contributed by atoms with Gasteiger partial charge in [0.05, 0.1) is 5.69 Å². The predicted octanol–water partition coefficient (Wildman–Crippen LogP) is 0.686. The summed E-state index contributed by atoms with van der Waals surface area (Å²) in [5, 5.41) is 18.5. The Bertz CT molecular complexity index is 379. The minimum Gasteiger partial charge on any atom is -0.347 e. The summed E-state index contributed by atoms with van der Waals surface area (Å²) in [4.78, 5) is 11.9. The fourth-order valence-corrected chi connectivity index (χ4v) is 1.09. The van der Waals surface area contributed by atoms with Crippen molar-refractivity contribution in [1.82, 2.24) is 10.4 Å². The first kappa shape index (κ1) is 11.8. The SMILES string of the molecule is CN(C)C(=N)N(N[N+](=O)[O-])c1ccccc1. The number of benzene rings is 1. The largest absolute Gasteiger partial charge is 0.347 e. The quantitative estimate of drug-likeness (QED) is 0.341. The van der Waals surface area contributed by atoms with Crippen molar-refractivity contribution in [2.75, 3.05) is 19.1 Å². The van der Waals surface area contributed by atoms with Crippen molar-refractivity contribution in [3.8, 4) is 0 Å². The molecule has 0 spiro atoms. The van der Waals surface area contributed by atoms with Crippen LogP contribution in [0.5, 0.6) is 0 Å². The Morgan fingerprint density at radius 1 is 1.38 bits per heavy atom. The highest BCUT2D eigenvalue weighted by Gasteiger charge is 2.17. The number of hydrazine groups is 2. The highest BCUT2D eigenvalue weighted by atomic mass is 16.7. The molecule has 1 rings (SSSR count). The van der Waals surface area contributed by atoms with E-state index in [9.17, 15) is 10.1 Å². The Balaban J connectivity index is 2.96. The highest BCUT2D eigenvalue weighted by molar-refractivity contribution is 5.92. The van der Waals surface area contributed by atoms with Gasteiger partial charge in [-0.2, -0.15) is 5.01 Å². The summed E-state index contributed by atoms with van der Waals surface area (Å²) in [6, 6.07) is 8.63. The van der Waals surface area contributed by atoms with Crippen LogP contribution in [0.2, 0.25) is 0 Å². The first-order valence-corrected chi connectivity index (χ1v) is 4.54. The molecule has 1 aromatic carbocycles. The van der Waals surface area contributed by atoms with Gasteiger partial charge in [0.15, 0.2) is 5.03 Å². The van der Waals surface area contributed by atoms with Crippen molar-refractivity contribution in [2.45, 2.75) is 0 Å². The predicted molar refractivity (Wildman–Crippen MR) is 60.5 cm³/mol. The van der Waals surface area contributed by atoms with E-state index in [-0.39, 0.29) is 5.96 Å². The van der Waals surface area contributed by atoms with E-state index in [4.69, 9.17) is 5.41 Å². The van der Waals surface area contributed by atoms with Gasteiger partial charge in [0, 0.05) is 14.1 Å². The summed E-state index contributed by atoms with van der Waals surface area (Å²) >= 11 is 0. The van der Waals surface area contributed by atoms with E-state index in [0.717, 1.165) is 5.01 Å². The lowest BCUT2D eigenvalue weighted by Gasteiger charge is -2.24. The van der Waals surface area contributed by atoms with Crippen molar-refractivity contribution >= 4 is 11.6 Å². The third-order valence-electron chi connectivity index (χ3n) is 1.83. The monoisotopic (exact) mass is 223 g/mol. The van der Waals surface area contributed by atoms with E-state index >= 15 is 0 Å². The number of guanidine groups is 1. The molecule has 0 aliphatic carbocycles. The first-order chi connectivity index (χ1) is 7.52. The fraction of sp³-hybridized carbons (Fsp3) is 0.222. The Hall–Kier alpha value is -2.31. The number of anilines is 1. The number of hydrogen-bond donors (Lipinski definition) is 2. The standard InChI is InChI=1S/C9H13N5O2/c1-12(2)9(10)13(11-14(15)16)8-6-4-3-5-7-8/h3-7,10-11H,1-2H3.